The number of hydrogen-bond donors (Lipinski definition) is 1. The summed E-state index contributed by atoms with van der Waals surface area (Å²) in [5, 5.41) is 4.33. The van der Waals surface area contributed by atoms with Gasteiger partial charge in [0.1, 0.15) is 5.75 Å². The number of Topliss-reactive ketones (excluding diaryl/α,β-unsaturated/α-hetero) is 1. The Hall–Kier alpha value is -1.68. The molecule has 3 nitrogen and oxygen atoms in total. The van der Waals surface area contributed by atoms with Crippen LogP contribution in [0.15, 0.2) is 42.5 Å². The van der Waals surface area contributed by atoms with E-state index in [1.807, 2.05) is 31.2 Å². The third kappa shape index (κ3) is 5.16. The Morgan fingerprint density at radius 2 is 2.15 bits per heavy atom. The fourth-order valence-corrected chi connectivity index (χ4v) is 4.72. The van der Waals surface area contributed by atoms with Gasteiger partial charge in [-0.2, -0.15) is 11.8 Å². The number of hydrogen-bond acceptors (Lipinski definition) is 4. The first kappa shape index (κ1) is 20.6. The molecule has 0 spiro atoms. The van der Waals surface area contributed by atoms with Crippen molar-refractivity contribution in [2.24, 2.45) is 0 Å². The van der Waals surface area contributed by atoms with Gasteiger partial charge in [0.15, 0.2) is 5.78 Å². The standard InChI is InChI=1S/C22H31NO2S/c1-5-10-19(24)16(3)22(17-11-7-8-13-20(17)25-4)23-18-12-9-14-21(18)26-15-6-2/h5,7-8,11,13,18,21,23H,1,6,9-10,12,14-15H2,2-4H3/b22-16-. The van der Waals surface area contributed by atoms with E-state index in [1.54, 1.807) is 13.2 Å². The van der Waals surface area contributed by atoms with Crippen LogP contribution in [-0.2, 0) is 4.79 Å². The predicted octanol–water partition coefficient (Wildman–Crippen LogP) is 5.23. The van der Waals surface area contributed by atoms with Gasteiger partial charge < -0.3 is 10.1 Å². The summed E-state index contributed by atoms with van der Waals surface area (Å²) < 4.78 is 5.56. The summed E-state index contributed by atoms with van der Waals surface area (Å²) in [6, 6.07) is 8.30. The summed E-state index contributed by atoms with van der Waals surface area (Å²) in [7, 11) is 1.67. The van der Waals surface area contributed by atoms with Crippen LogP contribution in [0.2, 0.25) is 0 Å². The van der Waals surface area contributed by atoms with Crippen molar-refractivity contribution in [1.29, 1.82) is 0 Å². The molecule has 2 rings (SSSR count). The van der Waals surface area contributed by atoms with Gasteiger partial charge in [0, 0.05) is 28.8 Å². The van der Waals surface area contributed by atoms with Crippen LogP contribution in [0.5, 0.6) is 5.75 Å². The van der Waals surface area contributed by atoms with E-state index in [0.29, 0.717) is 17.7 Å². The fourth-order valence-electron chi connectivity index (χ4n) is 3.41. The second-order valence-electron chi connectivity index (χ2n) is 6.71. The molecule has 0 bridgehead atoms. The molecule has 1 saturated carbocycles. The minimum Gasteiger partial charge on any atom is -0.496 e. The second-order valence-corrected chi connectivity index (χ2v) is 8.05. The lowest BCUT2D eigenvalue weighted by molar-refractivity contribution is -0.114. The molecule has 0 radical (unpaired) electrons. The summed E-state index contributed by atoms with van der Waals surface area (Å²) in [6.45, 7) is 7.84. The highest BCUT2D eigenvalue weighted by molar-refractivity contribution is 7.99. The first-order valence-corrected chi connectivity index (χ1v) is 10.5. The van der Waals surface area contributed by atoms with Crippen LogP contribution in [0.4, 0.5) is 0 Å². The Kier molecular flexibility index (Phi) is 8.30. The minimum atomic E-state index is 0.101. The smallest absolute Gasteiger partial charge is 0.164 e. The summed E-state index contributed by atoms with van der Waals surface area (Å²) in [4.78, 5) is 12.6. The number of methoxy groups -OCH3 is 1. The fraction of sp³-hybridized carbons (Fsp3) is 0.500. The summed E-state index contributed by atoms with van der Waals surface area (Å²) >= 11 is 2.05. The van der Waals surface area contributed by atoms with Gasteiger partial charge in [-0.3, -0.25) is 4.79 Å². The molecular weight excluding hydrogens is 342 g/mol. The number of benzene rings is 1. The molecule has 1 fully saturated rings. The molecule has 0 heterocycles. The Balaban J connectivity index is 2.36. The molecule has 1 N–H and O–H groups in total. The van der Waals surface area contributed by atoms with Crippen LogP contribution in [0.25, 0.3) is 5.70 Å². The molecule has 1 aromatic carbocycles. The van der Waals surface area contributed by atoms with Crippen molar-refractivity contribution in [2.45, 2.75) is 57.2 Å². The van der Waals surface area contributed by atoms with Gasteiger partial charge in [0.25, 0.3) is 0 Å². The van der Waals surface area contributed by atoms with Crippen LogP contribution in [0.1, 0.15) is 51.5 Å². The van der Waals surface area contributed by atoms with E-state index in [9.17, 15) is 4.79 Å². The maximum Gasteiger partial charge on any atom is 0.164 e. The van der Waals surface area contributed by atoms with Crippen molar-refractivity contribution >= 4 is 23.2 Å². The van der Waals surface area contributed by atoms with E-state index < -0.39 is 0 Å². The normalized spacial score (nSPS) is 20.4. The van der Waals surface area contributed by atoms with E-state index >= 15 is 0 Å². The minimum absolute atomic E-state index is 0.101. The maximum absolute atomic E-state index is 12.6. The topological polar surface area (TPSA) is 38.3 Å². The monoisotopic (exact) mass is 373 g/mol. The van der Waals surface area contributed by atoms with Crippen LogP contribution >= 0.6 is 11.8 Å². The van der Waals surface area contributed by atoms with E-state index in [0.717, 1.165) is 29.0 Å². The van der Waals surface area contributed by atoms with Crippen LogP contribution in [0, 0.1) is 0 Å². The van der Waals surface area contributed by atoms with Crippen LogP contribution in [-0.4, -0.2) is 29.9 Å². The molecule has 1 aromatic rings. The van der Waals surface area contributed by atoms with Gasteiger partial charge in [-0.15, -0.1) is 6.58 Å². The summed E-state index contributed by atoms with van der Waals surface area (Å²) in [6.07, 6.45) is 6.83. The number of ether oxygens (including phenoxy) is 1. The Bertz CT molecular complexity index is 653. The molecule has 0 aromatic heterocycles. The van der Waals surface area contributed by atoms with E-state index in [4.69, 9.17) is 4.74 Å². The predicted molar refractivity (Wildman–Crippen MR) is 113 cm³/mol. The van der Waals surface area contributed by atoms with Gasteiger partial charge in [-0.1, -0.05) is 31.6 Å². The number of allylic oxidation sites excluding steroid dienone is 2. The average molecular weight is 374 g/mol. The lowest BCUT2D eigenvalue weighted by atomic mass is 10.0. The Morgan fingerprint density at radius 1 is 1.38 bits per heavy atom. The molecule has 142 valence electrons. The first-order chi connectivity index (χ1) is 12.6. The SMILES string of the molecule is C=CCC(=O)/C(C)=C(\NC1CCCC1SCCC)c1ccccc1OC. The molecule has 0 aliphatic heterocycles. The number of rotatable bonds is 10. The highest BCUT2D eigenvalue weighted by atomic mass is 32.2. The highest BCUT2D eigenvalue weighted by Crippen LogP contribution is 2.34. The van der Waals surface area contributed by atoms with Crippen molar-refractivity contribution in [3.8, 4) is 5.75 Å². The first-order valence-electron chi connectivity index (χ1n) is 9.48. The Labute approximate surface area is 162 Å². The molecule has 4 heteroatoms. The molecule has 0 saturated heterocycles. The zero-order chi connectivity index (χ0) is 18.9. The van der Waals surface area contributed by atoms with Crippen molar-refractivity contribution in [2.75, 3.05) is 12.9 Å². The van der Waals surface area contributed by atoms with Gasteiger partial charge >= 0.3 is 0 Å². The van der Waals surface area contributed by atoms with Gasteiger partial charge in [0.05, 0.1) is 12.8 Å². The third-order valence-corrected chi connectivity index (χ3v) is 6.45. The lowest BCUT2D eigenvalue weighted by Gasteiger charge is -2.25. The molecular formula is C22H31NO2S. The molecule has 26 heavy (non-hydrogen) atoms. The number of thioether (sulfide) groups is 1. The second kappa shape index (κ2) is 10.5. The summed E-state index contributed by atoms with van der Waals surface area (Å²) in [5.41, 5.74) is 2.61. The quantitative estimate of drug-likeness (QED) is 0.450. The van der Waals surface area contributed by atoms with Crippen LogP contribution < -0.4 is 10.1 Å². The highest BCUT2D eigenvalue weighted by Gasteiger charge is 2.29. The lowest BCUT2D eigenvalue weighted by Crippen LogP contribution is -2.34. The number of nitrogens with one attached hydrogen (secondary N) is 1. The average Bonchev–Trinajstić information content (AvgIpc) is 3.11. The molecule has 0 amide bonds. The van der Waals surface area contributed by atoms with Crippen molar-refractivity contribution < 1.29 is 9.53 Å². The summed E-state index contributed by atoms with van der Waals surface area (Å²) in [5.74, 6) is 2.07. The van der Waals surface area contributed by atoms with Crippen LogP contribution in [0.3, 0.4) is 0 Å². The largest absolute Gasteiger partial charge is 0.496 e. The van der Waals surface area contributed by atoms with E-state index in [-0.39, 0.29) is 5.78 Å². The zero-order valence-electron chi connectivity index (χ0n) is 16.2. The number of carbonyl (C=O) groups is 1. The van der Waals surface area contributed by atoms with Crippen molar-refractivity contribution in [1.82, 2.24) is 5.32 Å². The number of ketones is 1. The van der Waals surface area contributed by atoms with Gasteiger partial charge in [-0.25, -0.2) is 0 Å². The van der Waals surface area contributed by atoms with Gasteiger partial charge in [0.2, 0.25) is 0 Å². The molecule has 2 unspecified atom stereocenters. The Morgan fingerprint density at radius 3 is 2.85 bits per heavy atom. The third-order valence-electron chi connectivity index (χ3n) is 4.82. The molecule has 1 aliphatic rings. The van der Waals surface area contributed by atoms with Crippen molar-refractivity contribution in [3.05, 3.63) is 48.1 Å². The number of para-hydroxylation sites is 1. The van der Waals surface area contributed by atoms with Gasteiger partial charge in [-0.05, 0) is 44.1 Å². The molecule has 1 aliphatic carbocycles. The van der Waals surface area contributed by atoms with E-state index in [1.165, 1.54) is 25.0 Å². The maximum atomic E-state index is 12.6. The van der Waals surface area contributed by atoms with E-state index in [2.05, 4.69) is 30.6 Å². The van der Waals surface area contributed by atoms with Crippen molar-refractivity contribution in [3.63, 3.8) is 0 Å². The molecule has 2 atom stereocenters. The number of carbonyl (C=O) groups excluding carboxylic acids is 1. The zero-order valence-corrected chi connectivity index (χ0v) is 17.0.